The molecule has 0 aromatic carbocycles. The molecule has 1 aliphatic rings. The minimum Gasteiger partial charge on any atom is -0.387 e. The van der Waals surface area contributed by atoms with Gasteiger partial charge in [0.15, 0.2) is 6.23 Å². The lowest BCUT2D eigenvalue weighted by Crippen LogP contribution is -2.36. The van der Waals surface area contributed by atoms with E-state index in [2.05, 4.69) is 9.51 Å². The fourth-order valence-corrected chi connectivity index (χ4v) is 2.23. The van der Waals surface area contributed by atoms with Crippen LogP contribution in [0.5, 0.6) is 0 Å². The number of anilines is 1. The summed E-state index contributed by atoms with van der Waals surface area (Å²) < 4.78 is 20.9. The van der Waals surface area contributed by atoms with Gasteiger partial charge in [0.25, 0.3) is 0 Å². The van der Waals surface area contributed by atoms with Gasteiger partial charge in [-0.3, -0.25) is 9.09 Å². The number of hydrogen-bond donors (Lipinski definition) is 5. The molecule has 0 spiro atoms. The average molecular weight is 326 g/mol. The summed E-state index contributed by atoms with van der Waals surface area (Å²) in [6, 6.07) is 1.29. The molecular formula is C9H14N3O8P. The van der Waals surface area contributed by atoms with Crippen LogP contribution in [-0.4, -0.2) is 54.5 Å². The Morgan fingerprint density at radius 2 is 2.10 bits per heavy atom. The molecule has 11 nitrogen and oxygen atoms in total. The quantitative estimate of drug-likeness (QED) is 0.373. The highest BCUT2D eigenvalue weighted by Gasteiger charge is 2.44. The molecule has 2 rings (SSSR count). The van der Waals surface area contributed by atoms with E-state index in [0.29, 0.717) is 0 Å². The predicted octanol–water partition coefficient (Wildman–Crippen LogP) is -2.45. The van der Waals surface area contributed by atoms with Crippen molar-refractivity contribution < 1.29 is 33.8 Å². The molecule has 1 aliphatic heterocycles. The Morgan fingerprint density at radius 3 is 2.67 bits per heavy atom. The Kier molecular flexibility index (Phi) is 4.44. The van der Waals surface area contributed by atoms with Crippen LogP contribution in [0.1, 0.15) is 6.23 Å². The topological polar surface area (TPSA) is 177 Å². The van der Waals surface area contributed by atoms with Gasteiger partial charge >= 0.3 is 13.5 Å². The van der Waals surface area contributed by atoms with Crippen LogP contribution < -0.4 is 11.4 Å². The number of hydrogen-bond acceptors (Lipinski definition) is 8. The highest BCUT2D eigenvalue weighted by Crippen LogP contribution is 2.38. The summed E-state index contributed by atoms with van der Waals surface area (Å²) in [5.41, 5.74) is 4.52. The monoisotopic (exact) mass is 326 g/mol. The first-order chi connectivity index (χ1) is 9.69. The van der Waals surface area contributed by atoms with Crippen molar-refractivity contribution >= 4 is 13.6 Å². The number of phosphoric ester groups is 1. The van der Waals surface area contributed by atoms with Crippen LogP contribution in [0.4, 0.5) is 5.82 Å². The SMILES string of the molecule is N[13c]1[13cH][13cH]n(C2OC(COP(=O)(O)O)C(O)C2O)c(=O)n1. The van der Waals surface area contributed by atoms with Gasteiger partial charge in [0.1, 0.15) is 24.1 Å². The Morgan fingerprint density at radius 1 is 1.43 bits per heavy atom. The molecule has 6 N–H and O–H groups in total. The molecule has 1 saturated heterocycles. The van der Waals surface area contributed by atoms with Crippen molar-refractivity contribution in [2.45, 2.75) is 24.5 Å². The smallest absolute Gasteiger partial charge is 0.387 e. The molecule has 1 aromatic heterocycles. The van der Waals surface area contributed by atoms with Crippen LogP contribution in [0.2, 0.25) is 0 Å². The summed E-state index contributed by atoms with van der Waals surface area (Å²) in [5.74, 6) is -0.0225. The number of nitrogen functional groups attached to an aromatic ring is 1. The maximum Gasteiger partial charge on any atom is 0.469 e. The molecule has 12 heteroatoms. The van der Waals surface area contributed by atoms with E-state index >= 15 is 0 Å². The second kappa shape index (κ2) is 5.81. The third-order valence-corrected chi connectivity index (χ3v) is 3.36. The van der Waals surface area contributed by atoms with Crippen molar-refractivity contribution in [1.29, 1.82) is 0 Å². The van der Waals surface area contributed by atoms with Gasteiger partial charge in [-0.2, -0.15) is 4.98 Å². The van der Waals surface area contributed by atoms with Crippen molar-refractivity contribution in [1.82, 2.24) is 9.55 Å². The third kappa shape index (κ3) is 3.66. The average Bonchev–Trinajstić information content (AvgIpc) is 2.64. The van der Waals surface area contributed by atoms with E-state index in [1.807, 2.05) is 0 Å². The standard InChI is InChI=1S/C9H14N3O8P/c10-5-1-2-12(9(15)11-5)8-7(14)6(13)4(20-8)3-19-21(16,17)18/h1-2,4,6-8,13-14H,3H2,(H2,10,11,15)(H2,16,17,18)/i1+1,2+1,5+1. The number of aromatic nitrogens is 2. The molecule has 4 unspecified atom stereocenters. The van der Waals surface area contributed by atoms with Crippen molar-refractivity contribution in [2.75, 3.05) is 12.3 Å². The van der Waals surface area contributed by atoms with Crippen LogP contribution in [0.15, 0.2) is 17.1 Å². The lowest BCUT2D eigenvalue weighted by molar-refractivity contribution is -0.0542. The minimum absolute atomic E-state index is 0.0225. The van der Waals surface area contributed by atoms with E-state index in [4.69, 9.17) is 20.3 Å². The molecule has 118 valence electrons. The number of nitrogens with zero attached hydrogens (tertiary/aromatic N) is 2. The number of aliphatic hydroxyl groups is 2. The second-order valence-corrected chi connectivity index (χ2v) is 5.61. The van der Waals surface area contributed by atoms with Crippen molar-refractivity contribution in [2.24, 2.45) is 0 Å². The summed E-state index contributed by atoms with van der Waals surface area (Å²) in [5, 5.41) is 19.6. The highest BCUT2D eigenvalue weighted by atomic mass is 31.2. The molecule has 2 heterocycles. The maximum atomic E-state index is 11.6. The van der Waals surface area contributed by atoms with E-state index < -0.39 is 44.7 Å². The molecule has 0 saturated carbocycles. The fourth-order valence-electron chi connectivity index (χ4n) is 1.89. The zero-order valence-electron chi connectivity index (χ0n) is 10.5. The van der Waals surface area contributed by atoms with Crippen LogP contribution in [-0.2, 0) is 13.8 Å². The van der Waals surface area contributed by atoms with E-state index in [1.165, 1.54) is 12.3 Å². The second-order valence-electron chi connectivity index (χ2n) is 4.37. The molecule has 0 radical (unpaired) electrons. The highest BCUT2D eigenvalue weighted by molar-refractivity contribution is 7.46. The number of nitrogens with two attached hydrogens (primary N) is 1. The lowest BCUT2D eigenvalue weighted by Gasteiger charge is -2.16. The lowest BCUT2D eigenvalue weighted by atomic mass is 10.1. The van der Waals surface area contributed by atoms with Crippen molar-refractivity contribution in [3.05, 3.63) is 22.7 Å². The van der Waals surface area contributed by atoms with Crippen LogP contribution in [0, 0.1) is 0 Å². The van der Waals surface area contributed by atoms with Gasteiger partial charge in [0.2, 0.25) is 0 Å². The predicted molar refractivity (Wildman–Crippen MR) is 66.8 cm³/mol. The van der Waals surface area contributed by atoms with E-state index in [0.717, 1.165) is 4.57 Å². The minimum atomic E-state index is -4.74. The largest absolute Gasteiger partial charge is 0.469 e. The normalized spacial score (nSPS) is 29.7. The van der Waals surface area contributed by atoms with Gasteiger partial charge in [-0.05, 0) is 6.07 Å². The third-order valence-electron chi connectivity index (χ3n) is 2.87. The zero-order chi connectivity index (χ0) is 15.8. The van der Waals surface area contributed by atoms with Crippen molar-refractivity contribution in [3.8, 4) is 0 Å². The molecule has 1 aromatic rings. The number of phosphoric acid groups is 1. The number of rotatable bonds is 4. The van der Waals surface area contributed by atoms with E-state index in [9.17, 15) is 19.6 Å². The van der Waals surface area contributed by atoms with Gasteiger partial charge < -0.3 is 30.5 Å². The number of aliphatic hydroxyl groups excluding tert-OH is 2. The van der Waals surface area contributed by atoms with Gasteiger partial charge in [-0.25, -0.2) is 9.36 Å². The Hall–Kier alpha value is -1.33. The van der Waals surface area contributed by atoms with Gasteiger partial charge in [0.05, 0.1) is 6.61 Å². The van der Waals surface area contributed by atoms with Crippen molar-refractivity contribution in [3.63, 3.8) is 0 Å². The Labute approximate surface area is 117 Å². The fraction of sp³-hybridized carbons (Fsp3) is 0.556. The summed E-state index contributed by atoms with van der Waals surface area (Å²) >= 11 is 0. The summed E-state index contributed by atoms with van der Waals surface area (Å²) in [6.45, 7) is -0.657. The molecule has 0 amide bonds. The first-order valence-corrected chi connectivity index (χ1v) is 7.28. The summed E-state index contributed by atoms with van der Waals surface area (Å²) in [7, 11) is -4.74. The Bertz CT molecular complexity index is 615. The first kappa shape index (κ1) is 16.0. The van der Waals surface area contributed by atoms with Gasteiger partial charge in [0, 0.05) is 6.20 Å². The van der Waals surface area contributed by atoms with Crippen LogP contribution in [0.25, 0.3) is 0 Å². The molecular weight excluding hydrogens is 312 g/mol. The van der Waals surface area contributed by atoms with E-state index in [-0.39, 0.29) is 5.82 Å². The summed E-state index contributed by atoms with van der Waals surface area (Å²) in [4.78, 5) is 32.3. The van der Waals surface area contributed by atoms with Gasteiger partial charge in [-0.1, -0.05) is 0 Å². The summed E-state index contributed by atoms with van der Waals surface area (Å²) in [6.07, 6.45) is -4.27. The molecule has 21 heavy (non-hydrogen) atoms. The molecule has 4 atom stereocenters. The van der Waals surface area contributed by atoms with Gasteiger partial charge in [-0.15, -0.1) is 0 Å². The van der Waals surface area contributed by atoms with Crippen LogP contribution in [0.3, 0.4) is 0 Å². The van der Waals surface area contributed by atoms with Crippen LogP contribution >= 0.6 is 7.82 Å². The zero-order valence-corrected chi connectivity index (χ0v) is 11.4. The Balaban J connectivity index is 2.16. The van der Waals surface area contributed by atoms with E-state index in [1.54, 1.807) is 0 Å². The molecule has 0 aliphatic carbocycles. The first-order valence-electron chi connectivity index (χ1n) is 5.75. The molecule has 1 fully saturated rings. The number of ether oxygens (including phenoxy) is 1. The molecule has 0 bridgehead atoms. The maximum absolute atomic E-state index is 11.6.